The number of aromatic nitrogens is 10. The van der Waals surface area contributed by atoms with Crippen LogP contribution in [0, 0.1) is 27.7 Å². The predicted molar refractivity (Wildman–Crippen MR) is 212 cm³/mol. The second kappa shape index (κ2) is 14.9. The molecule has 0 aliphatic carbocycles. The number of aromatic amines is 3. The van der Waals surface area contributed by atoms with Crippen molar-refractivity contribution in [3.8, 4) is 45.7 Å². The number of hydrogen-bond donors (Lipinski definition) is 5. The number of benzene rings is 2. The molecule has 2 amide bonds. The van der Waals surface area contributed by atoms with Gasteiger partial charge in [0.1, 0.15) is 18.1 Å². The molecule has 7 N–H and O–H groups in total. The van der Waals surface area contributed by atoms with Crippen molar-refractivity contribution in [1.29, 1.82) is 0 Å². The van der Waals surface area contributed by atoms with Crippen molar-refractivity contribution in [3.05, 3.63) is 83.2 Å². The number of primary amides is 2. The molecule has 0 fully saturated rings. The first kappa shape index (κ1) is 37.6. The molecule has 2 aromatic carbocycles. The average molecular weight is 775 g/mol. The Balaban J connectivity index is 0.000000178. The van der Waals surface area contributed by atoms with E-state index in [0.29, 0.717) is 41.4 Å². The molecule has 17 nitrogen and oxygen atoms in total. The molecule has 0 atom stereocenters. The first-order valence-corrected chi connectivity index (χ1v) is 21.5. The lowest BCUT2D eigenvalue weighted by molar-refractivity contribution is 0.0791. The number of imidazole rings is 2. The summed E-state index contributed by atoms with van der Waals surface area (Å²) in [6, 6.07) is 16.7. The Bertz CT molecular complexity index is 2720. The molecule has 56 heavy (non-hydrogen) atoms. The highest BCUT2D eigenvalue weighted by atomic mass is 28.3. The van der Waals surface area contributed by atoms with Gasteiger partial charge in [0.15, 0.2) is 17.5 Å². The molecule has 0 aliphatic rings. The molecule has 0 unspecified atom stereocenters. The van der Waals surface area contributed by atoms with Crippen molar-refractivity contribution in [1.82, 2.24) is 49.8 Å². The van der Waals surface area contributed by atoms with Crippen LogP contribution in [0.5, 0.6) is 0 Å². The number of ether oxygens (including phenoxy) is 1. The maximum absolute atomic E-state index is 12.0. The average Bonchev–Trinajstić information content (AvgIpc) is 3.99. The lowest BCUT2D eigenvalue weighted by Gasteiger charge is -2.16. The smallest absolute Gasteiger partial charge is 0.284 e. The fraction of sp³-hybridized carbons (Fsp3) is 0.263. The molecule has 8 rings (SSSR count). The number of hydrogen-bond acceptors (Lipinski definition) is 11. The minimum Gasteiger partial charge on any atom is -0.363 e. The summed E-state index contributed by atoms with van der Waals surface area (Å²) < 4.78 is 18.0. The van der Waals surface area contributed by atoms with E-state index in [4.69, 9.17) is 25.3 Å². The molecule has 0 spiro atoms. The molecule has 6 aromatic heterocycles. The first-order chi connectivity index (χ1) is 26.6. The van der Waals surface area contributed by atoms with Crippen molar-refractivity contribution in [3.63, 3.8) is 0 Å². The van der Waals surface area contributed by atoms with Crippen LogP contribution in [0.2, 0.25) is 25.7 Å². The van der Waals surface area contributed by atoms with Crippen LogP contribution in [-0.4, -0.2) is 76.3 Å². The van der Waals surface area contributed by atoms with Gasteiger partial charge < -0.3 is 40.2 Å². The van der Waals surface area contributed by atoms with Crippen LogP contribution in [0.4, 0.5) is 0 Å². The van der Waals surface area contributed by atoms with Crippen molar-refractivity contribution < 1.29 is 23.4 Å². The Morgan fingerprint density at radius 3 is 1.75 bits per heavy atom. The van der Waals surface area contributed by atoms with Crippen LogP contribution in [0.15, 0.2) is 57.6 Å². The molecule has 18 heteroatoms. The number of nitrogens with one attached hydrogen (secondary N) is 3. The van der Waals surface area contributed by atoms with E-state index in [-0.39, 0.29) is 18.4 Å². The molecule has 6 heterocycles. The minimum atomic E-state index is -1.20. The van der Waals surface area contributed by atoms with Gasteiger partial charge in [0, 0.05) is 59.0 Å². The van der Waals surface area contributed by atoms with Crippen LogP contribution >= 0.6 is 0 Å². The van der Waals surface area contributed by atoms with Gasteiger partial charge in [-0.25, -0.2) is 9.97 Å². The predicted octanol–water partition coefficient (Wildman–Crippen LogP) is 6.43. The van der Waals surface area contributed by atoms with Crippen molar-refractivity contribution in [2.24, 2.45) is 11.5 Å². The van der Waals surface area contributed by atoms with E-state index in [1.54, 1.807) is 18.4 Å². The van der Waals surface area contributed by atoms with Crippen molar-refractivity contribution in [2.45, 2.75) is 60.1 Å². The summed E-state index contributed by atoms with van der Waals surface area (Å²) in [5.41, 5.74) is 19.0. The molecule has 8 aromatic rings. The van der Waals surface area contributed by atoms with Crippen molar-refractivity contribution >= 4 is 41.7 Å². The van der Waals surface area contributed by atoms with Gasteiger partial charge in [0.05, 0.1) is 11.4 Å². The number of fused-ring (bicyclic) bond motifs is 2. The lowest BCUT2D eigenvalue weighted by atomic mass is 10.1. The summed E-state index contributed by atoms with van der Waals surface area (Å²) in [4.78, 5) is 50.1. The van der Waals surface area contributed by atoms with E-state index in [9.17, 15) is 9.59 Å². The minimum absolute atomic E-state index is 0.152. The Labute approximate surface area is 321 Å². The second-order valence-corrected chi connectivity index (χ2v) is 20.3. The molecule has 0 saturated carbocycles. The Hall–Kier alpha value is -6.66. The van der Waals surface area contributed by atoms with Crippen LogP contribution in [0.25, 0.3) is 67.5 Å². The van der Waals surface area contributed by atoms with Crippen LogP contribution in [0.1, 0.15) is 44.3 Å². The molecular formula is C38H42N12O5Si. The third-order valence-corrected chi connectivity index (χ3v) is 10.8. The first-order valence-electron chi connectivity index (χ1n) is 17.8. The molecule has 0 saturated heterocycles. The highest BCUT2D eigenvalue weighted by molar-refractivity contribution is 6.76. The van der Waals surface area contributed by atoms with E-state index < -0.39 is 19.9 Å². The number of nitrogens with zero attached hydrogens (tertiary/aromatic N) is 7. The van der Waals surface area contributed by atoms with E-state index in [1.807, 2.05) is 62.4 Å². The zero-order valence-corrected chi connectivity index (χ0v) is 33.1. The van der Waals surface area contributed by atoms with Gasteiger partial charge in [-0.3, -0.25) is 14.2 Å². The molecule has 0 bridgehead atoms. The molecular weight excluding hydrogens is 733 g/mol. The van der Waals surface area contributed by atoms with Gasteiger partial charge in [0.25, 0.3) is 23.6 Å². The third kappa shape index (κ3) is 7.91. The third-order valence-electron chi connectivity index (χ3n) is 9.08. The maximum atomic E-state index is 12.0. The van der Waals surface area contributed by atoms with Gasteiger partial charge in [-0.1, -0.05) is 42.1 Å². The summed E-state index contributed by atoms with van der Waals surface area (Å²) in [6.45, 7) is 15.1. The van der Waals surface area contributed by atoms with E-state index in [0.717, 1.165) is 61.8 Å². The quantitative estimate of drug-likeness (QED) is 0.0707. The summed E-state index contributed by atoms with van der Waals surface area (Å²) in [5, 5.41) is 9.58. The Morgan fingerprint density at radius 2 is 1.29 bits per heavy atom. The molecule has 0 radical (unpaired) electrons. The number of rotatable bonds is 11. The van der Waals surface area contributed by atoms with Gasteiger partial charge in [-0.2, -0.15) is 9.97 Å². The van der Waals surface area contributed by atoms with Crippen LogP contribution in [0.3, 0.4) is 0 Å². The van der Waals surface area contributed by atoms with Gasteiger partial charge >= 0.3 is 0 Å². The highest BCUT2D eigenvalue weighted by Crippen LogP contribution is 2.31. The van der Waals surface area contributed by atoms with E-state index >= 15 is 0 Å². The highest BCUT2D eigenvalue weighted by Gasteiger charge is 2.21. The number of amides is 2. The molecule has 288 valence electrons. The van der Waals surface area contributed by atoms with Gasteiger partial charge in [-0.15, -0.1) is 0 Å². The monoisotopic (exact) mass is 774 g/mol. The molecule has 0 aliphatic heterocycles. The zero-order valence-electron chi connectivity index (χ0n) is 32.1. The van der Waals surface area contributed by atoms with Crippen LogP contribution in [-0.2, 0) is 11.5 Å². The normalized spacial score (nSPS) is 11.7. The number of carbonyl (C=O) groups excluding carboxylic acids is 2. The van der Waals surface area contributed by atoms with Gasteiger partial charge in [0.2, 0.25) is 5.82 Å². The van der Waals surface area contributed by atoms with Crippen molar-refractivity contribution in [2.75, 3.05) is 6.61 Å². The Morgan fingerprint density at radius 1 is 0.732 bits per heavy atom. The van der Waals surface area contributed by atoms with E-state index in [2.05, 4.69) is 64.8 Å². The van der Waals surface area contributed by atoms with E-state index in [1.165, 1.54) is 0 Å². The topological polar surface area (TPSA) is 251 Å². The summed E-state index contributed by atoms with van der Waals surface area (Å²) in [6.07, 6.45) is 0. The fourth-order valence-electron chi connectivity index (χ4n) is 6.15. The fourth-order valence-corrected chi connectivity index (χ4v) is 6.91. The zero-order chi connectivity index (χ0) is 39.9. The summed E-state index contributed by atoms with van der Waals surface area (Å²) in [5.74, 6) is 1.22. The summed E-state index contributed by atoms with van der Waals surface area (Å²) >= 11 is 0. The lowest BCUT2D eigenvalue weighted by Crippen LogP contribution is -2.23. The number of carbonyl (C=O) groups is 2. The second-order valence-electron chi connectivity index (χ2n) is 14.7. The van der Waals surface area contributed by atoms with Gasteiger partial charge in [-0.05, 0) is 70.1 Å². The standard InChI is InChI=1S/C22H28N6O3Si.C16H14N6O2/c1-13-19(26-21(20(23)29)28(13)12-30-8-9-32(3,4)5)15-6-7-17-16(10-15)11-18(25-17)22-24-14(2)27-31-22;1-7-13(21-15(18-7)14(17)23)9-3-4-11-10(5-9)6-12(20-11)16-19-8(2)22-24-16/h6-7,10-11,25H,8-9,12H2,1-5H3,(H2,23,29);3-6,20H,1-2H3,(H2,17,23)(H,18,21). The number of nitrogens with two attached hydrogens (primary N) is 2. The largest absolute Gasteiger partial charge is 0.363 e. The summed E-state index contributed by atoms with van der Waals surface area (Å²) in [7, 11) is -1.20. The maximum Gasteiger partial charge on any atom is 0.284 e. The number of aryl methyl sites for hydroxylation is 3. The SMILES string of the molecule is Cc1noc(-c2cc3cc(-c4nc(C(N)=O)[nH]c4C)ccc3[nH]2)n1.Cc1noc(-c2cc3cc(-c4nc(C(N)=O)n(COCC[Si](C)(C)C)c4C)ccc3[nH]2)n1. The Kier molecular flexibility index (Phi) is 10.00. The number of H-pyrrole nitrogens is 3. The van der Waals surface area contributed by atoms with Crippen LogP contribution < -0.4 is 11.5 Å².